The molecule has 25 heavy (non-hydrogen) atoms. The number of carboxylic acid groups (broad SMARTS) is 1. The zero-order chi connectivity index (χ0) is 18.0. The Balaban J connectivity index is 2.16. The summed E-state index contributed by atoms with van der Waals surface area (Å²) in [6, 6.07) is 15.5. The van der Waals surface area contributed by atoms with E-state index in [0.29, 0.717) is 10.8 Å². The maximum absolute atomic E-state index is 11.6. The number of aliphatic imine (C=N–C) groups is 1. The number of aliphatic carboxylic acids is 1. The molecule has 0 spiro atoms. The molecule has 6 heteroatoms. The fraction of sp³-hybridized carbons (Fsp3) is 0.0526. The number of hydrogen-bond acceptors (Lipinski definition) is 4. The van der Waals surface area contributed by atoms with E-state index in [0.717, 1.165) is 5.56 Å². The maximum Gasteiger partial charge on any atom is 0.350 e. The topological polar surface area (TPSA) is 90.1 Å². The highest BCUT2D eigenvalue weighted by atomic mass is 35.5. The number of fused-ring (bicyclic) bond motifs is 1. The Kier molecular flexibility index (Phi) is 4.59. The van der Waals surface area contributed by atoms with E-state index >= 15 is 0 Å². The Labute approximate surface area is 148 Å². The van der Waals surface area contributed by atoms with Crippen LogP contribution in [0.25, 0.3) is 10.8 Å². The van der Waals surface area contributed by atoms with Gasteiger partial charge in [0.05, 0.1) is 0 Å². The van der Waals surface area contributed by atoms with E-state index in [9.17, 15) is 20.1 Å². The number of halogens is 1. The highest BCUT2D eigenvalue weighted by Gasteiger charge is 2.19. The van der Waals surface area contributed by atoms with E-state index < -0.39 is 5.97 Å². The largest absolute Gasteiger partial charge is 0.506 e. The quantitative estimate of drug-likeness (QED) is 0.480. The van der Waals surface area contributed by atoms with E-state index in [2.05, 4.69) is 4.99 Å². The summed E-state index contributed by atoms with van der Waals surface area (Å²) in [7, 11) is 0. The Morgan fingerprint density at radius 1 is 0.920 bits per heavy atom. The Morgan fingerprint density at radius 3 is 2.08 bits per heavy atom. The lowest BCUT2D eigenvalue weighted by molar-refractivity contribution is -0.129. The molecule has 0 unspecified atom stereocenters. The van der Waals surface area contributed by atoms with Crippen LogP contribution in [-0.4, -0.2) is 27.0 Å². The van der Waals surface area contributed by atoms with Crippen LogP contribution in [0, 0.1) is 0 Å². The first kappa shape index (κ1) is 16.8. The number of phenols is 2. The lowest BCUT2D eigenvalue weighted by Gasteiger charge is -2.11. The molecule has 0 bridgehead atoms. The molecule has 126 valence electrons. The molecule has 0 heterocycles. The van der Waals surface area contributed by atoms with Gasteiger partial charge in [-0.3, -0.25) is 0 Å². The van der Waals surface area contributed by atoms with Crippen molar-refractivity contribution in [1.82, 2.24) is 0 Å². The van der Waals surface area contributed by atoms with Crippen LogP contribution in [-0.2, 0) is 11.2 Å². The summed E-state index contributed by atoms with van der Waals surface area (Å²) >= 11 is 6.12. The molecule has 5 nitrogen and oxygen atoms in total. The number of rotatable bonds is 4. The molecule has 3 aromatic carbocycles. The first-order chi connectivity index (χ1) is 12.0. The normalized spacial score (nSPS) is 11.6. The molecule has 0 aliphatic carbocycles. The molecule has 0 aliphatic heterocycles. The van der Waals surface area contributed by atoms with Gasteiger partial charge in [0.1, 0.15) is 22.2 Å². The minimum absolute atomic E-state index is 0.0551. The van der Waals surface area contributed by atoms with Gasteiger partial charge >= 0.3 is 5.97 Å². The molecular formula is C19H14ClNO4. The SMILES string of the molecule is O=C(O)C(Cc1ccccc1)=Nc1c(Cl)c(O)c2ccccc2c1O. The predicted molar refractivity (Wildman–Crippen MR) is 97.2 cm³/mol. The number of carbonyl (C=O) groups is 1. The second-order valence-electron chi connectivity index (χ2n) is 5.43. The van der Waals surface area contributed by atoms with Crippen molar-refractivity contribution in [3.63, 3.8) is 0 Å². The van der Waals surface area contributed by atoms with Crippen molar-refractivity contribution < 1.29 is 20.1 Å². The van der Waals surface area contributed by atoms with Crippen LogP contribution in [0.15, 0.2) is 59.6 Å². The molecule has 0 aromatic heterocycles. The first-order valence-corrected chi connectivity index (χ1v) is 7.83. The molecule has 0 radical (unpaired) electrons. The third-order valence-corrected chi connectivity index (χ3v) is 4.14. The van der Waals surface area contributed by atoms with Gasteiger partial charge < -0.3 is 15.3 Å². The van der Waals surface area contributed by atoms with Crippen LogP contribution in [0.4, 0.5) is 5.69 Å². The summed E-state index contributed by atoms with van der Waals surface area (Å²) in [6.45, 7) is 0. The molecular weight excluding hydrogens is 342 g/mol. The second-order valence-corrected chi connectivity index (χ2v) is 5.81. The van der Waals surface area contributed by atoms with Gasteiger partial charge in [-0.15, -0.1) is 0 Å². The molecule has 3 N–H and O–H groups in total. The lowest BCUT2D eigenvalue weighted by atomic mass is 10.1. The number of nitrogens with zero attached hydrogens (tertiary/aromatic N) is 1. The van der Waals surface area contributed by atoms with E-state index in [1.807, 2.05) is 6.07 Å². The van der Waals surface area contributed by atoms with Crippen LogP contribution in [0.2, 0.25) is 5.02 Å². The molecule has 3 aromatic rings. The van der Waals surface area contributed by atoms with Gasteiger partial charge in [0, 0.05) is 17.2 Å². The number of carboxylic acids is 1. The van der Waals surface area contributed by atoms with Crippen LogP contribution in [0.1, 0.15) is 5.56 Å². The average Bonchev–Trinajstić information content (AvgIpc) is 2.63. The van der Waals surface area contributed by atoms with Crippen molar-refractivity contribution in [2.75, 3.05) is 0 Å². The zero-order valence-electron chi connectivity index (χ0n) is 13.0. The van der Waals surface area contributed by atoms with Crippen molar-refractivity contribution in [2.24, 2.45) is 4.99 Å². The molecule has 0 saturated heterocycles. The Hall–Kier alpha value is -3.05. The molecule has 0 fully saturated rings. The minimum Gasteiger partial charge on any atom is -0.506 e. The molecule has 0 aliphatic rings. The van der Waals surface area contributed by atoms with Gasteiger partial charge in [-0.05, 0) is 5.56 Å². The Bertz CT molecular complexity index is 984. The van der Waals surface area contributed by atoms with E-state index in [1.54, 1.807) is 48.5 Å². The van der Waals surface area contributed by atoms with E-state index in [1.165, 1.54) is 0 Å². The predicted octanol–water partition coefficient (Wildman–Crippen LogP) is 4.30. The van der Waals surface area contributed by atoms with Crippen LogP contribution >= 0.6 is 11.6 Å². The summed E-state index contributed by atoms with van der Waals surface area (Å²) < 4.78 is 0. The summed E-state index contributed by atoms with van der Waals surface area (Å²) in [6.07, 6.45) is 0.0551. The van der Waals surface area contributed by atoms with Crippen molar-refractivity contribution in [1.29, 1.82) is 0 Å². The standard InChI is InChI=1S/C19H14ClNO4/c20-15-16(18(23)13-9-5-4-8-12(13)17(15)22)21-14(19(24)25)10-11-6-2-1-3-7-11/h1-9,22-23H,10H2,(H,24,25). The van der Waals surface area contributed by atoms with Crippen LogP contribution < -0.4 is 0 Å². The van der Waals surface area contributed by atoms with Crippen molar-refractivity contribution >= 4 is 39.7 Å². The van der Waals surface area contributed by atoms with Crippen molar-refractivity contribution in [3.05, 3.63) is 65.2 Å². The number of benzene rings is 3. The molecule has 0 amide bonds. The minimum atomic E-state index is -1.23. The lowest BCUT2D eigenvalue weighted by Crippen LogP contribution is -2.15. The smallest absolute Gasteiger partial charge is 0.350 e. The van der Waals surface area contributed by atoms with Gasteiger partial charge in [-0.25, -0.2) is 9.79 Å². The van der Waals surface area contributed by atoms with Gasteiger partial charge in [0.15, 0.2) is 5.75 Å². The summed E-state index contributed by atoms with van der Waals surface area (Å²) in [5.41, 5.74) is 0.397. The van der Waals surface area contributed by atoms with Gasteiger partial charge in [-0.1, -0.05) is 66.2 Å². The van der Waals surface area contributed by atoms with Crippen LogP contribution in [0.5, 0.6) is 11.5 Å². The van der Waals surface area contributed by atoms with Crippen LogP contribution in [0.3, 0.4) is 0 Å². The van der Waals surface area contributed by atoms with E-state index in [4.69, 9.17) is 11.6 Å². The molecule has 0 atom stereocenters. The fourth-order valence-corrected chi connectivity index (χ4v) is 2.78. The fourth-order valence-electron chi connectivity index (χ4n) is 2.55. The second kappa shape index (κ2) is 6.83. The van der Waals surface area contributed by atoms with Gasteiger partial charge in [-0.2, -0.15) is 0 Å². The van der Waals surface area contributed by atoms with E-state index in [-0.39, 0.29) is 34.3 Å². The summed E-state index contributed by atoms with van der Waals surface area (Å²) in [5.74, 6) is -1.75. The Morgan fingerprint density at radius 2 is 1.48 bits per heavy atom. The van der Waals surface area contributed by atoms with Crippen molar-refractivity contribution in [3.8, 4) is 11.5 Å². The number of phenolic OH excluding ortho intramolecular Hbond substituents is 2. The maximum atomic E-state index is 11.6. The molecule has 3 rings (SSSR count). The zero-order valence-corrected chi connectivity index (χ0v) is 13.7. The summed E-state index contributed by atoms with van der Waals surface area (Å²) in [4.78, 5) is 15.6. The molecule has 0 saturated carbocycles. The first-order valence-electron chi connectivity index (χ1n) is 7.46. The van der Waals surface area contributed by atoms with Crippen molar-refractivity contribution in [2.45, 2.75) is 6.42 Å². The third kappa shape index (κ3) is 3.27. The third-order valence-electron chi connectivity index (χ3n) is 3.79. The van der Waals surface area contributed by atoms with Gasteiger partial charge in [0.25, 0.3) is 0 Å². The summed E-state index contributed by atoms with van der Waals surface area (Å²) in [5, 5.41) is 30.7. The van der Waals surface area contributed by atoms with Gasteiger partial charge in [0.2, 0.25) is 0 Å². The highest BCUT2D eigenvalue weighted by molar-refractivity contribution is 6.39. The number of hydrogen-bond donors (Lipinski definition) is 3. The average molecular weight is 356 g/mol. The highest BCUT2D eigenvalue weighted by Crippen LogP contribution is 2.47. The monoisotopic (exact) mass is 355 g/mol. The number of aromatic hydroxyl groups is 2.